The fourth-order valence-corrected chi connectivity index (χ4v) is 10.2. The Morgan fingerprint density at radius 3 is 0.833 bits per heavy atom. The molecule has 90 heavy (non-hydrogen) atoms. The van der Waals surface area contributed by atoms with Crippen LogP contribution in [0.5, 0.6) is 0 Å². The van der Waals surface area contributed by atoms with Crippen LogP contribution < -0.4 is 0 Å². The van der Waals surface area contributed by atoms with Crippen LogP contribution in [-0.2, 0) is 86.0 Å². The molecule has 24 nitrogen and oxygen atoms in total. The van der Waals surface area contributed by atoms with E-state index in [1.54, 1.807) is 36.3 Å². The Labute approximate surface area is 550 Å². The molecule has 0 N–H and O–H groups in total. The summed E-state index contributed by atoms with van der Waals surface area (Å²) < 4.78 is 29.0. The summed E-state index contributed by atoms with van der Waals surface area (Å²) in [5.41, 5.74) is 0. The molecule has 0 saturated carbocycles. The van der Waals surface area contributed by atoms with E-state index in [0.29, 0.717) is 104 Å². The first-order chi connectivity index (χ1) is 42.0. The maximum atomic E-state index is 11.7. The molecular formula is C64H114N6O18S2. The molecule has 0 aromatic heterocycles. The number of carbonyl (C=O) groups excluding carboxylic acids is 12. The van der Waals surface area contributed by atoms with Gasteiger partial charge in [0.2, 0.25) is 35.4 Å². The van der Waals surface area contributed by atoms with Crippen molar-refractivity contribution in [2.45, 2.75) is 191 Å². The number of methoxy groups -OCH3 is 3. The molecule has 0 aromatic rings. The number of esters is 6. The lowest BCUT2D eigenvalue weighted by Gasteiger charge is -2.20. The fraction of sp³-hybridized carbons (Fsp3) is 0.812. The number of ether oxygens (including phenoxy) is 6. The lowest BCUT2D eigenvalue weighted by atomic mass is 10.1. The fourth-order valence-electron chi connectivity index (χ4n) is 10.2. The topological polar surface area (TPSA) is 280 Å². The minimum absolute atomic E-state index is 0. The molecule has 0 spiro atoms. The van der Waals surface area contributed by atoms with E-state index in [4.69, 9.17) is 14.2 Å². The molecule has 6 rings (SSSR count). The van der Waals surface area contributed by atoms with Crippen molar-refractivity contribution in [2.24, 2.45) is 35.5 Å². The SMILES string of the molecule is CCCCN1CC(C(=O)OC)CC1=O.CCCCN1CC(C(=O)OCC)CC1=O.CCCCN1C[C@@H](C(=O)OC)CC1=O.CCCCOC(=O)C1CC(=O)N(C(C)C)C1.CCCCOC(=O)C1CC(=O)N(CCCC)C1.CCN1C[C@@H](C(=O)OC)CC1=O.S.S. The first kappa shape index (κ1) is 86.4. The smallest absolute Gasteiger partial charge is 0.311 e. The van der Waals surface area contributed by atoms with Gasteiger partial charge in [-0.2, -0.15) is 27.0 Å². The van der Waals surface area contributed by atoms with Gasteiger partial charge in [-0.3, -0.25) is 57.5 Å². The van der Waals surface area contributed by atoms with Crippen LogP contribution in [-0.4, -0.2) is 220 Å². The summed E-state index contributed by atoms with van der Waals surface area (Å²) in [6.45, 7) is 28.3. The summed E-state index contributed by atoms with van der Waals surface area (Å²) in [6, 6.07) is 0.168. The Bertz CT molecular complexity index is 2160. The summed E-state index contributed by atoms with van der Waals surface area (Å²) in [4.78, 5) is 147. The molecule has 0 bridgehead atoms. The number of hydrogen-bond acceptors (Lipinski definition) is 18. The monoisotopic (exact) mass is 1320 g/mol. The number of carbonyl (C=O) groups is 12. The van der Waals surface area contributed by atoms with Crippen molar-refractivity contribution in [3.63, 3.8) is 0 Å². The first-order valence-corrected chi connectivity index (χ1v) is 32.4. The van der Waals surface area contributed by atoms with Gasteiger partial charge >= 0.3 is 35.8 Å². The van der Waals surface area contributed by atoms with Gasteiger partial charge in [0.15, 0.2) is 0 Å². The van der Waals surface area contributed by atoms with E-state index in [0.717, 1.165) is 103 Å². The number of nitrogens with zero attached hydrogens (tertiary/aromatic N) is 6. The molecule has 6 saturated heterocycles. The molecule has 6 amide bonds. The predicted octanol–water partition coefficient (Wildman–Crippen LogP) is 6.63. The Balaban J connectivity index is 0. The molecule has 0 radical (unpaired) electrons. The van der Waals surface area contributed by atoms with Crippen molar-refractivity contribution in [2.75, 3.05) is 113 Å². The molecule has 6 heterocycles. The summed E-state index contributed by atoms with van der Waals surface area (Å²) in [5.74, 6) is -2.50. The van der Waals surface area contributed by atoms with Gasteiger partial charge in [-0.15, -0.1) is 0 Å². The van der Waals surface area contributed by atoms with Gasteiger partial charge in [0.1, 0.15) is 0 Å². The van der Waals surface area contributed by atoms with Crippen molar-refractivity contribution >= 4 is 98.3 Å². The van der Waals surface area contributed by atoms with E-state index in [-0.39, 0.29) is 140 Å². The highest BCUT2D eigenvalue weighted by molar-refractivity contribution is 7.59. The average molecular weight is 1320 g/mol. The standard InChI is InChI=1S/C13H23NO3.C12H21NO3.C11H19NO3.2C10H17NO3.C8H13NO3.2H2S/c1-3-5-7-14-10-11(9-12(14)15)13(16)17-8-6-4-2;1-4-5-6-16-12(15)10-7-11(14)13(8-10)9(2)3;1-3-5-6-12-8-9(7-10(12)13)11(14)15-4-2;2*1-3-4-5-11-7-8(6-9(11)12)10(13)14-2;1-3-9-5-6(4-7(9)10)8(11)12-2;;/h11H,3-10H2,1-2H3;9-10H,4-8H2,1-3H3;9H,3-8H2,1-2H3;2*8H,3-7H2,1-2H3;6H,3-5H2,1-2H3;2*1H2/t;;;8-;;6-;;/m...0.0../s1. The second-order valence-corrected chi connectivity index (χ2v) is 23.1. The third-order valence-corrected chi connectivity index (χ3v) is 15.7. The number of likely N-dealkylation sites (tertiary alicyclic amines) is 6. The number of amides is 6. The molecule has 6 aliphatic rings. The van der Waals surface area contributed by atoms with Gasteiger partial charge in [0, 0.05) is 117 Å². The maximum Gasteiger partial charge on any atom is 0.311 e. The van der Waals surface area contributed by atoms with Crippen LogP contribution in [0.15, 0.2) is 0 Å². The highest BCUT2D eigenvalue weighted by Crippen LogP contribution is 2.25. The third kappa shape index (κ3) is 31.6. The van der Waals surface area contributed by atoms with Crippen LogP contribution in [0.3, 0.4) is 0 Å². The molecule has 6 aliphatic heterocycles. The average Bonchev–Trinajstić information content (AvgIpc) is 4.24. The van der Waals surface area contributed by atoms with Crippen molar-refractivity contribution in [3.8, 4) is 0 Å². The van der Waals surface area contributed by atoms with Crippen molar-refractivity contribution < 1.29 is 86.0 Å². The van der Waals surface area contributed by atoms with Crippen molar-refractivity contribution in [3.05, 3.63) is 0 Å². The van der Waals surface area contributed by atoms with Gasteiger partial charge in [-0.05, 0) is 66.2 Å². The zero-order valence-corrected chi connectivity index (χ0v) is 58.7. The zero-order chi connectivity index (χ0) is 66.3. The van der Waals surface area contributed by atoms with Gasteiger partial charge in [0.25, 0.3) is 0 Å². The third-order valence-electron chi connectivity index (χ3n) is 15.7. The van der Waals surface area contributed by atoms with Gasteiger partial charge < -0.3 is 57.8 Å². The van der Waals surface area contributed by atoms with Crippen LogP contribution in [0.1, 0.15) is 185 Å². The van der Waals surface area contributed by atoms with E-state index < -0.39 is 0 Å². The lowest BCUT2D eigenvalue weighted by molar-refractivity contribution is -0.149. The van der Waals surface area contributed by atoms with E-state index in [9.17, 15) is 57.5 Å². The summed E-state index contributed by atoms with van der Waals surface area (Å²) in [7, 11) is 4.07. The molecule has 26 heteroatoms. The van der Waals surface area contributed by atoms with Crippen LogP contribution in [0.2, 0.25) is 0 Å². The van der Waals surface area contributed by atoms with E-state index in [1.807, 2.05) is 27.7 Å². The van der Waals surface area contributed by atoms with Gasteiger partial charge in [-0.1, -0.05) is 80.1 Å². The van der Waals surface area contributed by atoms with Crippen molar-refractivity contribution in [1.82, 2.24) is 29.4 Å². The second kappa shape index (κ2) is 49.0. The van der Waals surface area contributed by atoms with Crippen molar-refractivity contribution in [1.29, 1.82) is 0 Å². The summed E-state index contributed by atoms with van der Waals surface area (Å²) in [5, 5.41) is 0. The zero-order valence-electron chi connectivity index (χ0n) is 56.7. The largest absolute Gasteiger partial charge is 0.469 e. The summed E-state index contributed by atoms with van der Waals surface area (Å²) >= 11 is 0. The highest BCUT2D eigenvalue weighted by atomic mass is 32.1. The Kier molecular flexibility index (Phi) is 47.1. The molecule has 0 aliphatic carbocycles. The Morgan fingerprint density at radius 2 is 0.600 bits per heavy atom. The lowest BCUT2D eigenvalue weighted by Crippen LogP contribution is -2.33. The first-order valence-electron chi connectivity index (χ1n) is 32.4. The normalized spacial score (nSPS) is 20.6. The van der Waals surface area contributed by atoms with Gasteiger partial charge in [-0.25, -0.2) is 0 Å². The molecular weight excluding hydrogens is 1200 g/mol. The van der Waals surface area contributed by atoms with E-state index >= 15 is 0 Å². The number of unbranched alkanes of at least 4 members (excludes halogenated alkanes) is 6. The molecule has 0 aromatic carbocycles. The molecule has 6 fully saturated rings. The minimum Gasteiger partial charge on any atom is -0.469 e. The Hall–Kier alpha value is -5.66. The van der Waals surface area contributed by atoms with Crippen LogP contribution >= 0.6 is 27.0 Å². The van der Waals surface area contributed by atoms with E-state index in [2.05, 4.69) is 48.8 Å². The molecule has 4 unspecified atom stereocenters. The van der Waals surface area contributed by atoms with Crippen LogP contribution in [0, 0.1) is 35.5 Å². The number of rotatable bonds is 27. The summed E-state index contributed by atoms with van der Waals surface area (Å²) in [6.07, 6.45) is 14.0. The Morgan fingerprint density at radius 1 is 0.356 bits per heavy atom. The maximum absolute atomic E-state index is 11.7. The second-order valence-electron chi connectivity index (χ2n) is 23.1. The van der Waals surface area contributed by atoms with Crippen LogP contribution in [0.4, 0.5) is 0 Å². The van der Waals surface area contributed by atoms with Gasteiger partial charge in [0.05, 0.1) is 76.7 Å². The quantitative estimate of drug-likeness (QED) is 0.0474. The number of hydrogen-bond donors (Lipinski definition) is 0. The molecule has 520 valence electrons. The highest BCUT2D eigenvalue weighted by Gasteiger charge is 2.39. The molecule has 6 atom stereocenters. The predicted molar refractivity (Wildman–Crippen MR) is 349 cm³/mol. The van der Waals surface area contributed by atoms with E-state index in [1.165, 1.54) is 21.3 Å². The minimum atomic E-state index is -0.278. The van der Waals surface area contributed by atoms with Crippen LogP contribution in [0.25, 0.3) is 0 Å².